The normalized spacial score (nSPS) is 10.0. The van der Waals surface area contributed by atoms with E-state index in [-0.39, 0.29) is 17.7 Å². The van der Waals surface area contributed by atoms with E-state index < -0.39 is 0 Å². The Bertz CT molecular complexity index is 845. The molecule has 0 aliphatic heterocycles. The van der Waals surface area contributed by atoms with Crippen LogP contribution in [0.25, 0.3) is 0 Å². The first-order valence-corrected chi connectivity index (χ1v) is 8.43. The van der Waals surface area contributed by atoms with Crippen LogP contribution in [0.3, 0.4) is 0 Å². The van der Waals surface area contributed by atoms with E-state index in [0.29, 0.717) is 29.3 Å². The molecule has 7 heteroatoms. The average Bonchev–Trinajstić information content (AvgIpc) is 2.68. The third-order valence-electron chi connectivity index (χ3n) is 4.00. The van der Waals surface area contributed by atoms with Crippen molar-refractivity contribution >= 4 is 34.9 Å². The second kappa shape index (κ2) is 8.75. The van der Waals surface area contributed by atoms with Gasteiger partial charge in [0, 0.05) is 31.8 Å². The number of hydrogen-bond donors (Lipinski definition) is 1. The van der Waals surface area contributed by atoms with Gasteiger partial charge in [0.15, 0.2) is 0 Å². The molecule has 0 bridgehead atoms. The Balaban J connectivity index is 2.07. The van der Waals surface area contributed by atoms with Crippen molar-refractivity contribution in [2.75, 3.05) is 28.7 Å². The van der Waals surface area contributed by atoms with Gasteiger partial charge in [-0.15, -0.1) is 0 Å². The highest BCUT2D eigenvalue weighted by Crippen LogP contribution is 2.17. The molecular formula is C20H22N4O3. The highest BCUT2D eigenvalue weighted by molar-refractivity contribution is 6.05. The van der Waals surface area contributed by atoms with E-state index in [9.17, 15) is 14.4 Å². The third-order valence-corrected chi connectivity index (χ3v) is 4.00. The largest absolute Gasteiger partial charge is 0.321 e. The Morgan fingerprint density at radius 1 is 1.15 bits per heavy atom. The maximum absolute atomic E-state index is 12.4. The summed E-state index contributed by atoms with van der Waals surface area (Å²) in [4.78, 5) is 42.7. The standard InChI is InChI=1S/C20H22N4O3/c1-5-19(26)23(4)17-10-7-15(8-11-17)20(27)22-16-9-12-18(21-13-16)24(6-2)14(3)25/h5,7-13H,1,6H2,2-4H3,(H,22,27). The number of pyridine rings is 1. The summed E-state index contributed by atoms with van der Waals surface area (Å²) in [5.74, 6) is -0.0955. The lowest BCUT2D eigenvalue weighted by Crippen LogP contribution is -2.28. The summed E-state index contributed by atoms with van der Waals surface area (Å²) in [5.41, 5.74) is 1.62. The van der Waals surface area contributed by atoms with Gasteiger partial charge < -0.3 is 10.2 Å². The number of likely N-dealkylation sites (N-methyl/N-ethyl adjacent to an activating group) is 1. The number of hydrogen-bond acceptors (Lipinski definition) is 4. The summed E-state index contributed by atoms with van der Waals surface area (Å²) in [7, 11) is 1.63. The minimum Gasteiger partial charge on any atom is -0.321 e. The van der Waals surface area contributed by atoms with Crippen molar-refractivity contribution in [3.8, 4) is 0 Å². The van der Waals surface area contributed by atoms with Crippen LogP contribution >= 0.6 is 0 Å². The molecule has 1 aromatic heterocycles. The van der Waals surface area contributed by atoms with E-state index in [1.807, 2.05) is 6.92 Å². The summed E-state index contributed by atoms with van der Waals surface area (Å²) in [5, 5.41) is 2.75. The Labute approximate surface area is 158 Å². The number of aromatic nitrogens is 1. The predicted molar refractivity (Wildman–Crippen MR) is 106 cm³/mol. The molecule has 1 heterocycles. The first-order chi connectivity index (χ1) is 12.9. The van der Waals surface area contributed by atoms with Crippen molar-refractivity contribution < 1.29 is 14.4 Å². The number of nitrogens with zero attached hydrogens (tertiary/aromatic N) is 3. The van der Waals surface area contributed by atoms with Crippen LogP contribution in [0.1, 0.15) is 24.2 Å². The molecule has 2 aromatic rings. The van der Waals surface area contributed by atoms with Gasteiger partial charge in [-0.25, -0.2) is 4.98 Å². The number of amides is 3. The molecule has 0 unspecified atom stereocenters. The Morgan fingerprint density at radius 2 is 1.81 bits per heavy atom. The molecule has 0 fully saturated rings. The minimum absolute atomic E-state index is 0.0956. The smallest absolute Gasteiger partial charge is 0.255 e. The fourth-order valence-electron chi connectivity index (χ4n) is 2.47. The maximum atomic E-state index is 12.4. The van der Waals surface area contributed by atoms with Crippen molar-refractivity contribution in [1.29, 1.82) is 0 Å². The van der Waals surface area contributed by atoms with Gasteiger partial charge in [0.25, 0.3) is 5.91 Å². The molecule has 0 aliphatic rings. The van der Waals surface area contributed by atoms with Crippen LogP contribution in [0, 0.1) is 0 Å². The molecule has 0 atom stereocenters. The van der Waals surface area contributed by atoms with Crippen molar-refractivity contribution in [2.45, 2.75) is 13.8 Å². The van der Waals surface area contributed by atoms with Gasteiger partial charge in [0.1, 0.15) is 5.82 Å². The Kier molecular flexibility index (Phi) is 6.43. The molecule has 27 heavy (non-hydrogen) atoms. The summed E-state index contributed by atoms with van der Waals surface area (Å²) in [6, 6.07) is 10.0. The van der Waals surface area contributed by atoms with Gasteiger partial charge in [-0.05, 0) is 49.4 Å². The molecule has 1 aromatic carbocycles. The first kappa shape index (κ1) is 19.8. The zero-order chi connectivity index (χ0) is 20.0. The highest BCUT2D eigenvalue weighted by Gasteiger charge is 2.12. The molecular weight excluding hydrogens is 344 g/mol. The number of benzene rings is 1. The van der Waals surface area contributed by atoms with Gasteiger partial charge in [-0.2, -0.15) is 0 Å². The van der Waals surface area contributed by atoms with Crippen LogP contribution in [0.2, 0.25) is 0 Å². The van der Waals surface area contributed by atoms with Gasteiger partial charge >= 0.3 is 0 Å². The van der Waals surface area contributed by atoms with Crippen LogP contribution in [0.15, 0.2) is 55.3 Å². The lowest BCUT2D eigenvalue weighted by atomic mass is 10.2. The fourth-order valence-corrected chi connectivity index (χ4v) is 2.47. The Hall–Kier alpha value is -3.48. The number of carbonyl (C=O) groups excluding carboxylic acids is 3. The topological polar surface area (TPSA) is 82.6 Å². The number of anilines is 3. The maximum Gasteiger partial charge on any atom is 0.255 e. The molecule has 1 N–H and O–H groups in total. The van der Waals surface area contributed by atoms with Gasteiger partial charge in [0.2, 0.25) is 11.8 Å². The van der Waals surface area contributed by atoms with Crippen LogP contribution in [0.5, 0.6) is 0 Å². The van der Waals surface area contributed by atoms with E-state index in [4.69, 9.17) is 0 Å². The van der Waals surface area contributed by atoms with Crippen LogP contribution in [0.4, 0.5) is 17.2 Å². The van der Waals surface area contributed by atoms with Crippen molar-refractivity contribution in [2.24, 2.45) is 0 Å². The van der Waals surface area contributed by atoms with Gasteiger partial charge in [-0.1, -0.05) is 6.58 Å². The van der Waals surface area contributed by atoms with E-state index in [0.717, 1.165) is 0 Å². The van der Waals surface area contributed by atoms with E-state index in [2.05, 4.69) is 16.9 Å². The predicted octanol–water partition coefficient (Wildman–Crippen LogP) is 2.86. The number of nitrogens with one attached hydrogen (secondary N) is 1. The van der Waals surface area contributed by atoms with E-state index >= 15 is 0 Å². The second-order valence-electron chi connectivity index (χ2n) is 5.77. The molecule has 3 amide bonds. The molecule has 0 saturated carbocycles. The quantitative estimate of drug-likeness (QED) is 0.797. The van der Waals surface area contributed by atoms with Crippen LogP contribution < -0.4 is 15.1 Å². The minimum atomic E-state index is -0.298. The van der Waals surface area contributed by atoms with E-state index in [1.54, 1.807) is 43.4 Å². The number of carbonyl (C=O) groups is 3. The van der Waals surface area contributed by atoms with Crippen molar-refractivity contribution in [3.63, 3.8) is 0 Å². The zero-order valence-electron chi connectivity index (χ0n) is 15.6. The monoisotopic (exact) mass is 366 g/mol. The highest BCUT2D eigenvalue weighted by atomic mass is 16.2. The molecule has 0 radical (unpaired) electrons. The summed E-state index contributed by atoms with van der Waals surface area (Å²) in [6.07, 6.45) is 2.73. The molecule has 0 spiro atoms. The first-order valence-electron chi connectivity index (χ1n) is 8.43. The molecule has 0 saturated heterocycles. The lowest BCUT2D eigenvalue weighted by Gasteiger charge is -2.18. The third kappa shape index (κ3) is 4.78. The van der Waals surface area contributed by atoms with Crippen molar-refractivity contribution in [3.05, 3.63) is 60.8 Å². The lowest BCUT2D eigenvalue weighted by molar-refractivity contribution is -0.116. The molecule has 140 valence electrons. The van der Waals surface area contributed by atoms with E-state index in [1.165, 1.54) is 29.0 Å². The summed E-state index contributed by atoms with van der Waals surface area (Å²) in [6.45, 7) is 7.31. The SMILES string of the molecule is C=CC(=O)N(C)c1ccc(C(=O)Nc2ccc(N(CC)C(C)=O)nc2)cc1. The number of rotatable bonds is 6. The van der Waals surface area contributed by atoms with Gasteiger partial charge in [-0.3, -0.25) is 19.3 Å². The summed E-state index contributed by atoms with van der Waals surface area (Å²) >= 11 is 0. The van der Waals surface area contributed by atoms with Gasteiger partial charge in [0.05, 0.1) is 11.9 Å². The zero-order valence-corrected chi connectivity index (χ0v) is 15.6. The van der Waals surface area contributed by atoms with Crippen LogP contribution in [-0.4, -0.2) is 36.3 Å². The average molecular weight is 366 g/mol. The summed E-state index contributed by atoms with van der Waals surface area (Å²) < 4.78 is 0. The Morgan fingerprint density at radius 3 is 2.30 bits per heavy atom. The van der Waals surface area contributed by atoms with Crippen molar-refractivity contribution in [1.82, 2.24) is 4.98 Å². The van der Waals surface area contributed by atoms with Crippen LogP contribution in [-0.2, 0) is 9.59 Å². The fraction of sp³-hybridized carbons (Fsp3) is 0.200. The molecule has 2 rings (SSSR count). The molecule has 0 aliphatic carbocycles. The second-order valence-corrected chi connectivity index (χ2v) is 5.77. The molecule has 7 nitrogen and oxygen atoms in total.